The van der Waals surface area contributed by atoms with Gasteiger partial charge in [-0.1, -0.05) is 13.8 Å². The van der Waals surface area contributed by atoms with E-state index in [-0.39, 0.29) is 23.5 Å². The Kier molecular flexibility index (Phi) is 7.05. The van der Waals surface area contributed by atoms with Crippen LogP contribution in [0.3, 0.4) is 0 Å². The summed E-state index contributed by atoms with van der Waals surface area (Å²) in [4.78, 5) is 17.0. The predicted molar refractivity (Wildman–Crippen MR) is 112 cm³/mol. The molecule has 7 nitrogen and oxygen atoms in total. The molecular formula is C21H32N2O5S. The number of piperazine rings is 1. The van der Waals surface area contributed by atoms with E-state index in [2.05, 4.69) is 18.7 Å². The predicted octanol–water partition coefficient (Wildman–Crippen LogP) is 2.06. The Balaban J connectivity index is 1.58. The molecule has 2 aliphatic heterocycles. The van der Waals surface area contributed by atoms with Gasteiger partial charge in [0.2, 0.25) is 0 Å². The molecule has 2 fully saturated rings. The molecule has 3 rings (SSSR count). The lowest BCUT2D eigenvalue weighted by molar-refractivity contribution is 0.0587. The number of rotatable bonds is 7. The van der Waals surface area contributed by atoms with Gasteiger partial charge in [0, 0.05) is 37.8 Å². The van der Waals surface area contributed by atoms with Crippen LogP contribution in [0.15, 0.2) is 18.2 Å². The third-order valence-corrected chi connectivity index (χ3v) is 7.44. The molecule has 8 heteroatoms. The Morgan fingerprint density at radius 1 is 1.17 bits per heavy atom. The zero-order chi connectivity index (χ0) is 21.0. The van der Waals surface area contributed by atoms with Gasteiger partial charge in [-0.25, -0.2) is 8.42 Å². The maximum atomic E-state index is 12.9. The first kappa shape index (κ1) is 21.9. The van der Waals surface area contributed by atoms with Gasteiger partial charge in [-0.15, -0.1) is 0 Å². The van der Waals surface area contributed by atoms with Crippen molar-refractivity contribution < 1.29 is 22.7 Å². The zero-order valence-electron chi connectivity index (χ0n) is 17.6. The van der Waals surface area contributed by atoms with Gasteiger partial charge in [0.15, 0.2) is 21.3 Å². The fraction of sp³-hybridized carbons (Fsp3) is 0.667. The fourth-order valence-electron chi connectivity index (χ4n) is 3.86. The number of hydrogen-bond acceptors (Lipinski definition) is 6. The molecule has 29 heavy (non-hydrogen) atoms. The average Bonchev–Trinajstić information content (AvgIpc) is 3.07. The molecule has 0 bridgehead atoms. The second-order valence-electron chi connectivity index (χ2n) is 8.28. The van der Waals surface area contributed by atoms with E-state index in [1.165, 1.54) is 0 Å². The largest absolute Gasteiger partial charge is 0.493 e. The van der Waals surface area contributed by atoms with Crippen molar-refractivity contribution in [3.05, 3.63) is 23.8 Å². The highest BCUT2D eigenvalue weighted by Crippen LogP contribution is 2.29. The van der Waals surface area contributed by atoms with Crippen LogP contribution < -0.4 is 9.47 Å². The number of carbonyl (C=O) groups is 1. The van der Waals surface area contributed by atoms with Gasteiger partial charge in [0.25, 0.3) is 5.91 Å². The highest BCUT2D eigenvalue weighted by atomic mass is 32.2. The summed E-state index contributed by atoms with van der Waals surface area (Å²) in [5.74, 6) is 2.27. The van der Waals surface area contributed by atoms with Crippen molar-refractivity contribution in [3.63, 3.8) is 0 Å². The first-order valence-electron chi connectivity index (χ1n) is 10.3. The van der Waals surface area contributed by atoms with Crippen molar-refractivity contribution in [2.45, 2.75) is 32.7 Å². The summed E-state index contributed by atoms with van der Waals surface area (Å²) in [7, 11) is -1.31. The summed E-state index contributed by atoms with van der Waals surface area (Å²) in [6, 6.07) is 5.42. The monoisotopic (exact) mass is 424 g/mol. The van der Waals surface area contributed by atoms with Gasteiger partial charge >= 0.3 is 0 Å². The van der Waals surface area contributed by atoms with Gasteiger partial charge in [0.1, 0.15) is 0 Å². The number of nitrogens with zero attached hydrogens (tertiary/aromatic N) is 2. The van der Waals surface area contributed by atoms with Crippen LogP contribution in [-0.2, 0) is 9.84 Å². The van der Waals surface area contributed by atoms with E-state index >= 15 is 0 Å². The first-order valence-corrected chi connectivity index (χ1v) is 12.2. The topological polar surface area (TPSA) is 76.2 Å². The van der Waals surface area contributed by atoms with Crippen molar-refractivity contribution >= 4 is 15.7 Å². The smallest absolute Gasteiger partial charge is 0.254 e. The Morgan fingerprint density at radius 2 is 1.90 bits per heavy atom. The van der Waals surface area contributed by atoms with E-state index in [0.717, 1.165) is 6.42 Å². The standard InChI is InChI=1S/C21H32N2O5S/c1-16(2)6-12-28-19-5-4-17(14-20(19)27-3)21(24)23-10-8-22(9-11-23)18-7-13-29(25,26)15-18/h4-5,14,16,18H,6-13,15H2,1-3H3. The van der Waals surface area contributed by atoms with Crippen LogP contribution in [-0.4, -0.2) is 81.6 Å². The molecule has 1 unspecified atom stereocenters. The van der Waals surface area contributed by atoms with Gasteiger partial charge in [0.05, 0.1) is 25.2 Å². The van der Waals surface area contributed by atoms with Crippen LogP contribution in [0.5, 0.6) is 11.5 Å². The molecule has 1 aromatic carbocycles. The minimum atomic E-state index is -2.89. The number of carbonyl (C=O) groups excluding carboxylic acids is 1. The Bertz CT molecular complexity index is 816. The lowest BCUT2D eigenvalue weighted by Crippen LogP contribution is -2.52. The Hall–Kier alpha value is -1.80. The van der Waals surface area contributed by atoms with Gasteiger partial charge < -0.3 is 14.4 Å². The molecule has 0 aliphatic carbocycles. The van der Waals surface area contributed by atoms with Crippen molar-refractivity contribution in [1.82, 2.24) is 9.80 Å². The number of benzene rings is 1. The molecule has 1 atom stereocenters. The molecule has 0 aromatic heterocycles. The van der Waals surface area contributed by atoms with E-state index in [9.17, 15) is 13.2 Å². The second kappa shape index (κ2) is 9.34. The third-order valence-electron chi connectivity index (χ3n) is 5.69. The minimum Gasteiger partial charge on any atom is -0.493 e. The molecule has 0 spiro atoms. The molecule has 2 heterocycles. The first-order chi connectivity index (χ1) is 13.8. The maximum Gasteiger partial charge on any atom is 0.254 e. The number of sulfone groups is 1. The van der Waals surface area contributed by atoms with Crippen LogP contribution in [0.1, 0.15) is 37.0 Å². The van der Waals surface area contributed by atoms with Gasteiger partial charge in [-0.05, 0) is 37.0 Å². The molecule has 0 radical (unpaired) electrons. The normalized spacial score (nSPS) is 22.1. The lowest BCUT2D eigenvalue weighted by Gasteiger charge is -2.37. The Labute approximate surface area is 173 Å². The molecule has 1 amide bonds. The van der Waals surface area contributed by atoms with Gasteiger partial charge in [-0.3, -0.25) is 9.69 Å². The van der Waals surface area contributed by atoms with Crippen LogP contribution >= 0.6 is 0 Å². The summed E-state index contributed by atoms with van der Waals surface area (Å²) in [6.07, 6.45) is 1.65. The maximum absolute atomic E-state index is 12.9. The lowest BCUT2D eigenvalue weighted by atomic mass is 10.1. The minimum absolute atomic E-state index is 0.0317. The highest BCUT2D eigenvalue weighted by molar-refractivity contribution is 7.91. The summed E-state index contributed by atoms with van der Waals surface area (Å²) in [5.41, 5.74) is 0.579. The molecule has 2 saturated heterocycles. The van der Waals surface area contributed by atoms with E-state index in [4.69, 9.17) is 9.47 Å². The van der Waals surface area contributed by atoms with E-state index < -0.39 is 9.84 Å². The number of amides is 1. The van der Waals surface area contributed by atoms with Crippen LogP contribution in [0, 0.1) is 5.92 Å². The summed E-state index contributed by atoms with van der Waals surface area (Å²) >= 11 is 0. The van der Waals surface area contributed by atoms with E-state index in [0.29, 0.717) is 62.2 Å². The summed E-state index contributed by atoms with van der Waals surface area (Å²) in [6.45, 7) is 7.52. The van der Waals surface area contributed by atoms with Crippen LogP contribution in [0.25, 0.3) is 0 Å². The fourth-order valence-corrected chi connectivity index (χ4v) is 5.62. The van der Waals surface area contributed by atoms with Crippen molar-refractivity contribution in [2.75, 3.05) is 51.4 Å². The van der Waals surface area contributed by atoms with Crippen molar-refractivity contribution in [3.8, 4) is 11.5 Å². The second-order valence-corrected chi connectivity index (χ2v) is 10.5. The highest BCUT2D eigenvalue weighted by Gasteiger charge is 2.34. The molecule has 0 saturated carbocycles. The number of ether oxygens (including phenoxy) is 2. The number of methoxy groups -OCH3 is 1. The van der Waals surface area contributed by atoms with Crippen molar-refractivity contribution in [1.29, 1.82) is 0 Å². The van der Waals surface area contributed by atoms with Crippen LogP contribution in [0.2, 0.25) is 0 Å². The van der Waals surface area contributed by atoms with E-state index in [1.807, 2.05) is 4.90 Å². The SMILES string of the molecule is COc1cc(C(=O)N2CCN(C3CCS(=O)(=O)C3)CC2)ccc1OCCC(C)C. The van der Waals surface area contributed by atoms with E-state index in [1.54, 1.807) is 25.3 Å². The average molecular weight is 425 g/mol. The van der Waals surface area contributed by atoms with Gasteiger partial charge in [-0.2, -0.15) is 0 Å². The molecule has 2 aliphatic rings. The molecule has 162 valence electrons. The van der Waals surface area contributed by atoms with Crippen molar-refractivity contribution in [2.24, 2.45) is 5.92 Å². The molecule has 1 aromatic rings. The summed E-state index contributed by atoms with van der Waals surface area (Å²) in [5, 5.41) is 0. The third kappa shape index (κ3) is 5.63. The number of hydrogen-bond donors (Lipinski definition) is 0. The Morgan fingerprint density at radius 3 is 2.48 bits per heavy atom. The molecular weight excluding hydrogens is 392 g/mol. The summed E-state index contributed by atoms with van der Waals surface area (Å²) < 4.78 is 34.7. The zero-order valence-corrected chi connectivity index (χ0v) is 18.4. The quantitative estimate of drug-likeness (QED) is 0.667. The van der Waals surface area contributed by atoms with Crippen LogP contribution in [0.4, 0.5) is 0 Å². The molecule has 0 N–H and O–H groups in total.